The van der Waals surface area contributed by atoms with Crippen molar-refractivity contribution in [1.82, 2.24) is 0 Å². The first-order chi connectivity index (χ1) is 10.4. The fourth-order valence-corrected chi connectivity index (χ4v) is 5.74. The number of rotatable bonds is 2. The van der Waals surface area contributed by atoms with Gasteiger partial charge in [-0.15, -0.1) is 0 Å². The topological polar surface area (TPSA) is 89.3 Å². The lowest BCUT2D eigenvalue weighted by molar-refractivity contribution is 0.1000. The lowest BCUT2D eigenvalue weighted by Gasteiger charge is -2.39. The number of amides is 1. The summed E-state index contributed by atoms with van der Waals surface area (Å²) in [5.41, 5.74) is 7.90. The smallest absolute Gasteiger partial charge is 0.248 e. The largest absolute Gasteiger partial charge is 0.381 e. The molecule has 2 aliphatic heterocycles. The zero-order valence-corrected chi connectivity index (χ0v) is 13.2. The van der Waals surface area contributed by atoms with Gasteiger partial charge in [0.1, 0.15) is 9.84 Å². The summed E-state index contributed by atoms with van der Waals surface area (Å²) >= 11 is 0. The number of fused-ring (bicyclic) bond motifs is 2. The molecule has 1 aromatic rings. The average molecular weight is 320 g/mol. The molecule has 0 aromatic heterocycles. The van der Waals surface area contributed by atoms with Gasteiger partial charge in [0.25, 0.3) is 0 Å². The van der Waals surface area contributed by atoms with Gasteiger partial charge in [-0.2, -0.15) is 0 Å². The molecule has 3 aliphatic rings. The van der Waals surface area contributed by atoms with Crippen molar-refractivity contribution >= 4 is 21.4 Å². The molecule has 22 heavy (non-hydrogen) atoms. The van der Waals surface area contributed by atoms with Crippen LogP contribution in [-0.2, 0) is 15.3 Å². The molecule has 1 atom stereocenters. The molecule has 4 rings (SSSR count). The maximum Gasteiger partial charge on any atom is 0.248 e. The Morgan fingerprint density at radius 2 is 1.91 bits per heavy atom. The quantitative estimate of drug-likeness (QED) is 0.863. The molecule has 2 fully saturated rings. The number of carbonyl (C=O) groups is 1. The maximum atomic E-state index is 11.9. The second kappa shape index (κ2) is 4.47. The van der Waals surface area contributed by atoms with Crippen molar-refractivity contribution in [1.29, 1.82) is 0 Å². The zero-order valence-electron chi connectivity index (χ0n) is 12.3. The predicted octanol–water partition coefficient (Wildman–Crippen LogP) is 1.44. The molecule has 1 saturated heterocycles. The van der Waals surface area contributed by atoms with E-state index < -0.39 is 15.7 Å². The first-order valence-corrected chi connectivity index (χ1v) is 9.65. The van der Waals surface area contributed by atoms with E-state index in [1.54, 1.807) is 6.07 Å². The molecule has 0 bridgehead atoms. The van der Waals surface area contributed by atoms with Crippen molar-refractivity contribution in [2.75, 3.05) is 16.8 Å². The van der Waals surface area contributed by atoms with Crippen LogP contribution in [0.4, 0.5) is 5.69 Å². The number of hydrogen-bond donors (Lipinski definition) is 2. The van der Waals surface area contributed by atoms with E-state index in [4.69, 9.17) is 5.73 Å². The van der Waals surface area contributed by atoms with Crippen LogP contribution in [0.3, 0.4) is 0 Å². The fourth-order valence-electron chi connectivity index (χ4n) is 4.19. The lowest BCUT2D eigenvalue weighted by Crippen LogP contribution is -2.46. The molecule has 1 aromatic carbocycles. The van der Waals surface area contributed by atoms with Crippen LogP contribution in [0.2, 0.25) is 0 Å². The van der Waals surface area contributed by atoms with Gasteiger partial charge in [-0.25, -0.2) is 8.42 Å². The molecule has 1 saturated carbocycles. The number of primary amides is 1. The van der Waals surface area contributed by atoms with E-state index in [1.807, 2.05) is 12.1 Å². The minimum Gasteiger partial charge on any atom is -0.381 e. The summed E-state index contributed by atoms with van der Waals surface area (Å²) in [4.78, 5) is 11.5. The van der Waals surface area contributed by atoms with Gasteiger partial charge in [0.2, 0.25) is 5.91 Å². The van der Waals surface area contributed by atoms with Crippen LogP contribution in [0.25, 0.3) is 0 Å². The van der Waals surface area contributed by atoms with E-state index in [1.165, 1.54) is 12.8 Å². The van der Waals surface area contributed by atoms with Gasteiger partial charge in [-0.3, -0.25) is 4.79 Å². The predicted molar refractivity (Wildman–Crippen MR) is 84.7 cm³/mol. The number of sulfone groups is 1. The highest BCUT2D eigenvalue weighted by atomic mass is 32.2. The Balaban J connectivity index is 1.80. The summed E-state index contributed by atoms with van der Waals surface area (Å²) in [7, 11) is -2.92. The molecule has 1 aliphatic carbocycles. The number of carbonyl (C=O) groups excluding carboxylic acids is 1. The van der Waals surface area contributed by atoms with Gasteiger partial charge in [0.05, 0.1) is 11.5 Å². The van der Waals surface area contributed by atoms with E-state index in [2.05, 4.69) is 5.32 Å². The third-order valence-electron chi connectivity index (χ3n) is 5.56. The highest BCUT2D eigenvalue weighted by molar-refractivity contribution is 7.91. The molecule has 1 unspecified atom stereocenters. The highest BCUT2D eigenvalue weighted by Gasteiger charge is 2.54. The number of anilines is 1. The Bertz CT molecular complexity index is 739. The van der Waals surface area contributed by atoms with Crippen molar-refractivity contribution in [3.63, 3.8) is 0 Å². The van der Waals surface area contributed by atoms with Crippen LogP contribution in [0, 0.1) is 5.92 Å². The number of nitrogens with two attached hydrogens (primary N) is 1. The van der Waals surface area contributed by atoms with Gasteiger partial charge in [0.15, 0.2) is 0 Å². The Morgan fingerprint density at radius 3 is 2.50 bits per heavy atom. The first-order valence-electron chi connectivity index (χ1n) is 7.83. The Kier molecular flexibility index (Phi) is 2.86. The summed E-state index contributed by atoms with van der Waals surface area (Å²) in [6.07, 6.45) is 3.67. The molecule has 3 N–H and O–H groups in total. The number of benzene rings is 1. The standard InChI is InChI=1S/C16H20N2O3S/c17-15(19)11-3-4-13-12(9-11)16(14(18-13)10-1-2-10)5-7-22(20,21)8-6-16/h3-4,9-10,14,18H,1-2,5-8H2,(H2,17,19). The first kappa shape index (κ1) is 14.1. The maximum absolute atomic E-state index is 11.9. The van der Waals surface area contributed by atoms with Crippen molar-refractivity contribution in [3.05, 3.63) is 29.3 Å². The van der Waals surface area contributed by atoms with Crippen LogP contribution in [-0.4, -0.2) is 31.9 Å². The summed E-state index contributed by atoms with van der Waals surface area (Å²) < 4.78 is 23.8. The molecule has 1 spiro atoms. The molecule has 6 heteroatoms. The van der Waals surface area contributed by atoms with Gasteiger partial charge in [-0.05, 0) is 55.4 Å². The molecule has 5 nitrogen and oxygen atoms in total. The second-order valence-corrected chi connectivity index (χ2v) is 9.20. The average Bonchev–Trinajstić information content (AvgIpc) is 3.26. The zero-order chi connectivity index (χ0) is 15.5. The SMILES string of the molecule is NC(=O)c1ccc2c(c1)C1(CCS(=O)(=O)CC1)C(C1CC1)N2. The summed E-state index contributed by atoms with van der Waals surface area (Å²) in [5.74, 6) is 0.650. The normalized spacial score (nSPS) is 28.1. The van der Waals surface area contributed by atoms with E-state index in [0.29, 0.717) is 30.4 Å². The Labute approximate surface area is 130 Å². The van der Waals surface area contributed by atoms with Crippen LogP contribution in [0.15, 0.2) is 18.2 Å². The van der Waals surface area contributed by atoms with Crippen molar-refractivity contribution in [2.45, 2.75) is 37.1 Å². The summed E-state index contributed by atoms with van der Waals surface area (Å²) in [6.45, 7) is 0. The second-order valence-electron chi connectivity index (χ2n) is 6.89. The molecule has 0 radical (unpaired) electrons. The molecule has 118 valence electrons. The minimum atomic E-state index is -2.92. The molecular formula is C16H20N2O3S. The van der Waals surface area contributed by atoms with Crippen LogP contribution >= 0.6 is 0 Å². The number of nitrogens with one attached hydrogen (secondary N) is 1. The van der Waals surface area contributed by atoms with Crippen molar-refractivity contribution in [3.8, 4) is 0 Å². The van der Waals surface area contributed by atoms with Gasteiger partial charge in [-0.1, -0.05) is 0 Å². The van der Waals surface area contributed by atoms with Crippen LogP contribution in [0.1, 0.15) is 41.6 Å². The Morgan fingerprint density at radius 1 is 1.23 bits per heavy atom. The Hall–Kier alpha value is -1.56. The highest BCUT2D eigenvalue weighted by Crippen LogP contribution is 2.54. The van der Waals surface area contributed by atoms with Gasteiger partial charge < -0.3 is 11.1 Å². The van der Waals surface area contributed by atoms with Gasteiger partial charge in [0, 0.05) is 22.7 Å². The van der Waals surface area contributed by atoms with E-state index in [9.17, 15) is 13.2 Å². The van der Waals surface area contributed by atoms with E-state index in [-0.39, 0.29) is 16.9 Å². The van der Waals surface area contributed by atoms with Crippen LogP contribution < -0.4 is 11.1 Å². The number of hydrogen-bond acceptors (Lipinski definition) is 4. The third kappa shape index (κ3) is 2.04. The molecule has 2 heterocycles. The van der Waals surface area contributed by atoms with Crippen molar-refractivity contribution < 1.29 is 13.2 Å². The van der Waals surface area contributed by atoms with E-state index >= 15 is 0 Å². The third-order valence-corrected chi connectivity index (χ3v) is 7.21. The van der Waals surface area contributed by atoms with E-state index in [0.717, 1.165) is 11.3 Å². The molecule has 1 amide bonds. The summed E-state index contributed by atoms with van der Waals surface area (Å²) in [5, 5.41) is 3.60. The molecular weight excluding hydrogens is 300 g/mol. The monoisotopic (exact) mass is 320 g/mol. The van der Waals surface area contributed by atoms with Crippen LogP contribution in [0.5, 0.6) is 0 Å². The van der Waals surface area contributed by atoms with Gasteiger partial charge >= 0.3 is 0 Å². The fraction of sp³-hybridized carbons (Fsp3) is 0.562. The minimum absolute atomic E-state index is 0.159. The lowest BCUT2D eigenvalue weighted by atomic mass is 9.70. The van der Waals surface area contributed by atoms with Crippen molar-refractivity contribution in [2.24, 2.45) is 11.7 Å². The summed E-state index contributed by atoms with van der Waals surface area (Å²) in [6, 6.07) is 5.84.